The third-order valence-electron chi connectivity index (χ3n) is 3.97. The highest BCUT2D eigenvalue weighted by atomic mass is 14.9. The number of rotatable bonds is 7. The average molecular weight is 338 g/mol. The lowest BCUT2D eigenvalue weighted by atomic mass is 10.0. The van der Waals surface area contributed by atoms with E-state index in [0.29, 0.717) is 0 Å². The molecule has 128 valence electrons. The van der Waals surface area contributed by atoms with Crippen LogP contribution >= 0.6 is 0 Å². The molecule has 0 unspecified atom stereocenters. The van der Waals surface area contributed by atoms with Crippen molar-refractivity contribution in [2.45, 2.75) is 0 Å². The smallest absolute Gasteiger partial charge is 0.0384 e. The van der Waals surface area contributed by atoms with Crippen molar-refractivity contribution >= 4 is 17.1 Å². The molecule has 0 atom stereocenters. The highest BCUT2D eigenvalue weighted by Crippen LogP contribution is 2.25. The van der Waals surface area contributed by atoms with E-state index in [2.05, 4.69) is 84.5 Å². The standard InChI is InChI=1S/C24H22N2/c1-3-8-21(4-2)25-23-15-11-19(12-16-23)20-13-17-24(18-14-20)26-22-9-6-5-7-10-22/h3-18,25-26H,1-2H2/b21-8+. The quantitative estimate of drug-likeness (QED) is 0.465. The van der Waals surface area contributed by atoms with E-state index in [1.165, 1.54) is 11.1 Å². The third kappa shape index (κ3) is 4.52. The molecule has 0 bridgehead atoms. The van der Waals surface area contributed by atoms with E-state index in [1.54, 1.807) is 12.2 Å². The molecule has 0 aliphatic rings. The van der Waals surface area contributed by atoms with Crippen LogP contribution in [0.4, 0.5) is 17.1 Å². The molecule has 0 fully saturated rings. The molecule has 0 aromatic heterocycles. The minimum absolute atomic E-state index is 0.920. The van der Waals surface area contributed by atoms with Gasteiger partial charge in [0.25, 0.3) is 0 Å². The van der Waals surface area contributed by atoms with Crippen LogP contribution in [0.5, 0.6) is 0 Å². The monoisotopic (exact) mass is 338 g/mol. The molecular weight excluding hydrogens is 316 g/mol. The molecule has 2 heteroatoms. The lowest BCUT2D eigenvalue weighted by molar-refractivity contribution is 1.47. The second-order valence-corrected chi connectivity index (χ2v) is 5.83. The SMILES string of the molecule is C=C/C=C(\C=C)Nc1ccc(-c2ccc(Nc3ccccc3)cc2)cc1. The molecule has 0 spiro atoms. The number of hydrogen-bond acceptors (Lipinski definition) is 2. The van der Waals surface area contributed by atoms with Crippen LogP contribution in [0.2, 0.25) is 0 Å². The number of para-hydroxylation sites is 1. The van der Waals surface area contributed by atoms with Crippen molar-refractivity contribution < 1.29 is 0 Å². The van der Waals surface area contributed by atoms with Gasteiger partial charge in [-0.1, -0.05) is 61.7 Å². The molecule has 0 saturated carbocycles. The Balaban J connectivity index is 1.70. The summed E-state index contributed by atoms with van der Waals surface area (Å²) >= 11 is 0. The van der Waals surface area contributed by atoms with Gasteiger partial charge >= 0.3 is 0 Å². The van der Waals surface area contributed by atoms with Gasteiger partial charge in [-0.25, -0.2) is 0 Å². The minimum atomic E-state index is 0.920. The first-order valence-electron chi connectivity index (χ1n) is 8.53. The first-order chi connectivity index (χ1) is 12.8. The highest BCUT2D eigenvalue weighted by molar-refractivity contribution is 5.70. The Morgan fingerprint density at radius 3 is 1.73 bits per heavy atom. The molecule has 0 aliphatic heterocycles. The maximum Gasteiger partial charge on any atom is 0.0384 e. The molecular formula is C24H22N2. The topological polar surface area (TPSA) is 24.1 Å². The Morgan fingerprint density at radius 2 is 1.19 bits per heavy atom. The molecule has 3 aromatic rings. The summed E-state index contributed by atoms with van der Waals surface area (Å²) in [6.07, 6.45) is 5.40. The van der Waals surface area contributed by atoms with Gasteiger partial charge in [-0.3, -0.25) is 0 Å². The van der Waals surface area contributed by atoms with Gasteiger partial charge in [0.1, 0.15) is 0 Å². The zero-order valence-electron chi connectivity index (χ0n) is 14.7. The summed E-state index contributed by atoms with van der Waals surface area (Å²) in [6, 6.07) is 26.9. The summed E-state index contributed by atoms with van der Waals surface area (Å²) in [5, 5.41) is 6.70. The van der Waals surface area contributed by atoms with Gasteiger partial charge in [0, 0.05) is 22.8 Å². The van der Waals surface area contributed by atoms with Crippen LogP contribution in [0.3, 0.4) is 0 Å². The van der Waals surface area contributed by atoms with Crippen LogP contribution < -0.4 is 10.6 Å². The molecule has 3 aromatic carbocycles. The minimum Gasteiger partial charge on any atom is -0.356 e. The van der Waals surface area contributed by atoms with Crippen molar-refractivity contribution in [3.05, 3.63) is 116 Å². The molecule has 0 aliphatic carbocycles. The molecule has 0 radical (unpaired) electrons. The Kier molecular flexibility index (Phi) is 5.69. The first kappa shape index (κ1) is 17.3. The maximum absolute atomic E-state index is 3.79. The van der Waals surface area contributed by atoms with Gasteiger partial charge in [-0.15, -0.1) is 0 Å². The second-order valence-electron chi connectivity index (χ2n) is 5.83. The van der Waals surface area contributed by atoms with Gasteiger partial charge in [0.15, 0.2) is 0 Å². The predicted molar refractivity (Wildman–Crippen MR) is 114 cm³/mol. The number of anilines is 3. The van der Waals surface area contributed by atoms with Crippen LogP contribution in [0.25, 0.3) is 11.1 Å². The molecule has 0 amide bonds. The Labute approximate surface area is 155 Å². The maximum atomic E-state index is 3.79. The number of hydrogen-bond donors (Lipinski definition) is 2. The fraction of sp³-hybridized carbons (Fsp3) is 0. The Hall–Kier alpha value is -3.52. The first-order valence-corrected chi connectivity index (χ1v) is 8.53. The summed E-state index contributed by atoms with van der Waals surface area (Å²) in [5.74, 6) is 0. The fourth-order valence-corrected chi connectivity index (χ4v) is 2.63. The van der Waals surface area contributed by atoms with Crippen molar-refractivity contribution in [3.8, 4) is 11.1 Å². The van der Waals surface area contributed by atoms with Crippen molar-refractivity contribution in [3.63, 3.8) is 0 Å². The van der Waals surface area contributed by atoms with E-state index in [1.807, 2.05) is 24.3 Å². The molecule has 26 heavy (non-hydrogen) atoms. The summed E-state index contributed by atoms with van der Waals surface area (Å²) in [4.78, 5) is 0. The molecule has 0 heterocycles. The van der Waals surface area contributed by atoms with E-state index < -0.39 is 0 Å². The van der Waals surface area contributed by atoms with Gasteiger partial charge in [-0.2, -0.15) is 0 Å². The lowest BCUT2D eigenvalue weighted by Crippen LogP contribution is -1.95. The Bertz CT molecular complexity index is 889. The molecule has 2 nitrogen and oxygen atoms in total. The van der Waals surface area contributed by atoms with Crippen LogP contribution in [0.1, 0.15) is 0 Å². The summed E-state index contributed by atoms with van der Waals surface area (Å²) in [7, 11) is 0. The van der Waals surface area contributed by atoms with Gasteiger partial charge < -0.3 is 10.6 Å². The summed E-state index contributed by atoms with van der Waals surface area (Å²) in [5.41, 5.74) is 6.45. The van der Waals surface area contributed by atoms with Crippen LogP contribution in [0.15, 0.2) is 116 Å². The van der Waals surface area contributed by atoms with Crippen LogP contribution in [0, 0.1) is 0 Å². The number of allylic oxidation sites excluding steroid dienone is 3. The van der Waals surface area contributed by atoms with E-state index in [-0.39, 0.29) is 0 Å². The molecule has 0 saturated heterocycles. The predicted octanol–water partition coefficient (Wildman–Crippen LogP) is 6.77. The van der Waals surface area contributed by atoms with Crippen LogP contribution in [-0.2, 0) is 0 Å². The Morgan fingerprint density at radius 1 is 0.654 bits per heavy atom. The second kappa shape index (κ2) is 8.54. The highest BCUT2D eigenvalue weighted by Gasteiger charge is 2.00. The largest absolute Gasteiger partial charge is 0.356 e. The van der Waals surface area contributed by atoms with E-state index >= 15 is 0 Å². The van der Waals surface area contributed by atoms with Gasteiger partial charge in [0.2, 0.25) is 0 Å². The number of benzene rings is 3. The third-order valence-corrected chi connectivity index (χ3v) is 3.97. The van der Waals surface area contributed by atoms with Crippen molar-refractivity contribution in [1.82, 2.24) is 0 Å². The number of nitrogens with one attached hydrogen (secondary N) is 2. The zero-order chi connectivity index (χ0) is 18.2. The fourth-order valence-electron chi connectivity index (χ4n) is 2.63. The van der Waals surface area contributed by atoms with Crippen molar-refractivity contribution in [2.24, 2.45) is 0 Å². The van der Waals surface area contributed by atoms with Gasteiger partial charge in [0.05, 0.1) is 0 Å². The molecule has 2 N–H and O–H groups in total. The normalized spacial score (nSPS) is 10.8. The summed E-state index contributed by atoms with van der Waals surface area (Å²) in [6.45, 7) is 7.50. The van der Waals surface area contributed by atoms with Gasteiger partial charge in [-0.05, 0) is 59.7 Å². The lowest BCUT2D eigenvalue weighted by Gasteiger charge is -2.10. The van der Waals surface area contributed by atoms with E-state index in [4.69, 9.17) is 0 Å². The molecule has 3 rings (SSSR count). The zero-order valence-corrected chi connectivity index (χ0v) is 14.7. The van der Waals surface area contributed by atoms with E-state index in [0.717, 1.165) is 22.8 Å². The van der Waals surface area contributed by atoms with Crippen molar-refractivity contribution in [1.29, 1.82) is 0 Å². The average Bonchev–Trinajstić information content (AvgIpc) is 2.70. The van der Waals surface area contributed by atoms with E-state index in [9.17, 15) is 0 Å². The van der Waals surface area contributed by atoms with Crippen LogP contribution in [-0.4, -0.2) is 0 Å². The van der Waals surface area contributed by atoms with Crippen molar-refractivity contribution in [2.75, 3.05) is 10.6 Å². The summed E-state index contributed by atoms with van der Waals surface area (Å²) < 4.78 is 0.